The van der Waals surface area contributed by atoms with Crippen molar-refractivity contribution in [2.75, 3.05) is 11.9 Å². The zero-order valence-corrected chi connectivity index (χ0v) is 19.7. The predicted molar refractivity (Wildman–Crippen MR) is 132 cm³/mol. The second-order valence-corrected chi connectivity index (χ2v) is 9.18. The Bertz CT molecular complexity index is 1180. The topological polar surface area (TPSA) is 80.3 Å². The lowest BCUT2D eigenvalue weighted by molar-refractivity contribution is -0.119. The predicted octanol–water partition coefficient (Wildman–Crippen LogP) is 5.55. The lowest BCUT2D eigenvalue weighted by Crippen LogP contribution is -2.30. The molecule has 0 radical (unpaired) electrons. The number of benzene rings is 2. The Morgan fingerprint density at radius 3 is 2.70 bits per heavy atom. The fraction of sp³-hybridized carbons (Fsp3) is 0.269. The Labute approximate surface area is 197 Å². The first kappa shape index (κ1) is 22.7. The third-order valence-electron chi connectivity index (χ3n) is 5.49. The van der Waals surface area contributed by atoms with Gasteiger partial charge in [0.25, 0.3) is 0 Å². The molecule has 33 heavy (non-hydrogen) atoms. The van der Waals surface area contributed by atoms with E-state index in [-0.39, 0.29) is 17.9 Å². The van der Waals surface area contributed by atoms with Crippen LogP contribution in [0.15, 0.2) is 53.9 Å². The summed E-state index contributed by atoms with van der Waals surface area (Å²) in [5.74, 6) is 0.956. The lowest BCUT2D eigenvalue weighted by Gasteiger charge is -2.26. The molecular weight excluding hydrogens is 434 g/mol. The number of nitrogens with zero attached hydrogens (tertiary/aromatic N) is 1. The summed E-state index contributed by atoms with van der Waals surface area (Å²) in [6.07, 6.45) is 4.03. The van der Waals surface area contributed by atoms with Crippen LogP contribution in [0.3, 0.4) is 0 Å². The number of anilines is 1. The molecule has 2 aromatic carbocycles. The number of nitrogens with one attached hydrogen (secondary N) is 2. The summed E-state index contributed by atoms with van der Waals surface area (Å²) in [7, 11) is 0. The summed E-state index contributed by atoms with van der Waals surface area (Å²) >= 11 is 1.37. The summed E-state index contributed by atoms with van der Waals surface area (Å²) in [6, 6.07) is 13.9. The van der Waals surface area contributed by atoms with Crippen LogP contribution in [0, 0.1) is 0 Å². The molecule has 3 aromatic rings. The molecule has 1 aromatic heterocycles. The fourth-order valence-corrected chi connectivity index (χ4v) is 4.45. The number of carbonyl (C=O) groups is 2. The van der Waals surface area contributed by atoms with Crippen LogP contribution in [0.5, 0.6) is 5.75 Å². The highest BCUT2D eigenvalue weighted by atomic mass is 32.1. The number of hydrogen-bond donors (Lipinski definition) is 2. The number of rotatable bonds is 6. The molecule has 2 heterocycles. The molecule has 0 spiro atoms. The van der Waals surface area contributed by atoms with Crippen LogP contribution in [0.2, 0.25) is 0 Å². The average molecular weight is 462 g/mol. The Kier molecular flexibility index (Phi) is 6.89. The molecule has 7 heteroatoms. The first-order chi connectivity index (χ1) is 15.9. The van der Waals surface area contributed by atoms with Crippen molar-refractivity contribution in [3.05, 3.63) is 70.6 Å². The highest BCUT2D eigenvalue weighted by Gasteiger charge is 2.23. The molecule has 2 N–H and O–H groups in total. The summed E-state index contributed by atoms with van der Waals surface area (Å²) in [5, 5.41) is 8.25. The molecule has 6 nitrogen and oxygen atoms in total. The molecule has 1 aliphatic rings. The maximum Gasteiger partial charge on any atom is 0.250 e. The van der Waals surface area contributed by atoms with Crippen molar-refractivity contribution in [3.63, 3.8) is 0 Å². The smallest absolute Gasteiger partial charge is 0.250 e. The third-order valence-corrected chi connectivity index (χ3v) is 6.24. The fourth-order valence-electron chi connectivity index (χ4n) is 3.72. The molecule has 0 saturated heterocycles. The number of hydrogen-bond acceptors (Lipinski definition) is 5. The van der Waals surface area contributed by atoms with E-state index in [0.717, 1.165) is 34.6 Å². The average Bonchev–Trinajstić information content (AvgIpc) is 3.26. The molecule has 2 amide bonds. The van der Waals surface area contributed by atoms with Crippen LogP contribution in [0.4, 0.5) is 5.13 Å². The summed E-state index contributed by atoms with van der Waals surface area (Å²) in [4.78, 5) is 28.5. The van der Waals surface area contributed by atoms with Crippen molar-refractivity contribution in [1.29, 1.82) is 0 Å². The van der Waals surface area contributed by atoms with E-state index in [1.807, 2.05) is 35.7 Å². The molecule has 1 aliphatic heterocycles. The number of amides is 2. The molecule has 0 aliphatic carbocycles. The van der Waals surface area contributed by atoms with Gasteiger partial charge in [-0.2, -0.15) is 0 Å². The molecule has 0 saturated carbocycles. The van der Waals surface area contributed by atoms with Crippen LogP contribution < -0.4 is 15.4 Å². The standard InChI is InChI=1S/C26H27N3O3S/c1-16(2)19-7-4-18(5-8-19)6-11-25(31)29-26-28-23(15-33-26)20-9-10-24-21(14-20)22(12-13-32-24)27-17(3)30/h4-11,14-16,22H,12-13H2,1-3H3,(H,27,30)(H,28,29,31)/b11-6+. The molecule has 0 bridgehead atoms. The Morgan fingerprint density at radius 1 is 1.18 bits per heavy atom. The lowest BCUT2D eigenvalue weighted by atomic mass is 9.97. The normalized spacial score (nSPS) is 15.2. The van der Waals surface area contributed by atoms with Gasteiger partial charge in [-0.3, -0.25) is 14.9 Å². The molecular formula is C26H27N3O3S. The van der Waals surface area contributed by atoms with Crippen molar-refractivity contribution in [3.8, 4) is 17.0 Å². The van der Waals surface area contributed by atoms with E-state index in [0.29, 0.717) is 17.7 Å². The van der Waals surface area contributed by atoms with E-state index < -0.39 is 0 Å². The van der Waals surface area contributed by atoms with E-state index in [9.17, 15) is 9.59 Å². The number of aromatic nitrogens is 1. The molecule has 0 fully saturated rings. The quantitative estimate of drug-likeness (QED) is 0.472. The van der Waals surface area contributed by atoms with Crippen molar-refractivity contribution < 1.29 is 14.3 Å². The minimum Gasteiger partial charge on any atom is -0.493 e. The van der Waals surface area contributed by atoms with E-state index in [1.54, 1.807) is 6.08 Å². The van der Waals surface area contributed by atoms with Gasteiger partial charge < -0.3 is 10.1 Å². The Morgan fingerprint density at radius 2 is 1.97 bits per heavy atom. The van der Waals surface area contributed by atoms with E-state index >= 15 is 0 Å². The summed E-state index contributed by atoms with van der Waals surface area (Å²) in [5.41, 5.74) is 4.85. The minimum absolute atomic E-state index is 0.0687. The van der Waals surface area contributed by atoms with Crippen molar-refractivity contribution >= 4 is 34.4 Å². The second-order valence-electron chi connectivity index (χ2n) is 8.32. The number of fused-ring (bicyclic) bond motifs is 1. The highest BCUT2D eigenvalue weighted by molar-refractivity contribution is 7.14. The van der Waals surface area contributed by atoms with Crippen LogP contribution >= 0.6 is 11.3 Å². The maximum atomic E-state index is 12.4. The van der Waals surface area contributed by atoms with E-state index in [4.69, 9.17) is 4.74 Å². The summed E-state index contributed by atoms with van der Waals surface area (Å²) in [6.45, 7) is 6.39. The largest absolute Gasteiger partial charge is 0.493 e. The number of carbonyl (C=O) groups excluding carboxylic acids is 2. The summed E-state index contributed by atoms with van der Waals surface area (Å²) < 4.78 is 5.73. The maximum absolute atomic E-state index is 12.4. The van der Waals surface area contributed by atoms with Gasteiger partial charge in [-0.25, -0.2) is 4.98 Å². The van der Waals surface area contributed by atoms with Crippen LogP contribution in [0.25, 0.3) is 17.3 Å². The van der Waals surface area contributed by atoms with Gasteiger partial charge in [0.1, 0.15) is 5.75 Å². The first-order valence-electron chi connectivity index (χ1n) is 11.0. The zero-order valence-electron chi connectivity index (χ0n) is 18.9. The second kappa shape index (κ2) is 10.0. The Hall–Kier alpha value is -3.45. The SMILES string of the molecule is CC(=O)NC1CCOc2ccc(-c3csc(NC(=O)/C=C/c4ccc(C(C)C)cc4)n3)cc21. The molecule has 4 rings (SSSR count). The Balaban J connectivity index is 1.43. The van der Waals surface area contributed by atoms with Crippen molar-refractivity contribution in [2.24, 2.45) is 0 Å². The van der Waals surface area contributed by atoms with Gasteiger partial charge in [0.2, 0.25) is 11.8 Å². The van der Waals surface area contributed by atoms with Crippen molar-refractivity contribution in [1.82, 2.24) is 10.3 Å². The van der Waals surface area contributed by atoms with Gasteiger partial charge in [-0.15, -0.1) is 11.3 Å². The van der Waals surface area contributed by atoms with Gasteiger partial charge in [0, 0.05) is 35.9 Å². The van der Waals surface area contributed by atoms with Crippen LogP contribution in [-0.4, -0.2) is 23.4 Å². The van der Waals surface area contributed by atoms with Crippen molar-refractivity contribution in [2.45, 2.75) is 39.2 Å². The van der Waals surface area contributed by atoms with E-state index in [2.05, 4.69) is 41.6 Å². The minimum atomic E-state index is -0.228. The van der Waals surface area contributed by atoms with Gasteiger partial charge in [-0.05, 0) is 41.3 Å². The highest BCUT2D eigenvalue weighted by Crippen LogP contribution is 2.36. The van der Waals surface area contributed by atoms with Gasteiger partial charge in [0.05, 0.1) is 18.3 Å². The first-order valence-corrected chi connectivity index (χ1v) is 11.9. The zero-order chi connectivity index (χ0) is 23.4. The van der Waals surface area contributed by atoms with Crippen LogP contribution in [0.1, 0.15) is 55.8 Å². The monoisotopic (exact) mass is 461 g/mol. The van der Waals surface area contributed by atoms with Gasteiger partial charge >= 0.3 is 0 Å². The molecule has 1 atom stereocenters. The number of ether oxygens (including phenoxy) is 1. The van der Waals surface area contributed by atoms with Gasteiger partial charge in [-0.1, -0.05) is 38.1 Å². The molecule has 170 valence electrons. The van der Waals surface area contributed by atoms with Gasteiger partial charge in [0.15, 0.2) is 5.13 Å². The third kappa shape index (κ3) is 5.68. The number of thiazole rings is 1. The molecule has 1 unspecified atom stereocenters. The van der Waals surface area contributed by atoms with E-state index in [1.165, 1.54) is 29.9 Å². The van der Waals surface area contributed by atoms with Crippen LogP contribution in [-0.2, 0) is 9.59 Å².